The molecule has 1 unspecified atom stereocenters. The molecule has 1 rings (SSSR count). The number of nitrogens with zero attached hydrogens (tertiary/aromatic N) is 1. The number of nitrogens with one attached hydrogen (secondary N) is 2. The van der Waals surface area contributed by atoms with E-state index in [2.05, 4.69) is 22.2 Å². The van der Waals surface area contributed by atoms with Crippen molar-refractivity contribution in [3.8, 4) is 0 Å². The molecule has 1 aromatic heterocycles. The van der Waals surface area contributed by atoms with Crippen molar-refractivity contribution in [1.82, 2.24) is 9.97 Å². The van der Waals surface area contributed by atoms with E-state index >= 15 is 0 Å². The second-order valence-corrected chi connectivity index (χ2v) is 3.90. The van der Waals surface area contributed by atoms with Crippen LogP contribution in [0.1, 0.15) is 19.8 Å². The number of nitrogen functional groups attached to an aromatic ring is 1. The van der Waals surface area contributed by atoms with Crippen molar-refractivity contribution in [3.05, 3.63) is 16.7 Å². The van der Waals surface area contributed by atoms with Gasteiger partial charge in [-0.05, 0) is 25.3 Å². The Hall–Kier alpha value is -1.56. The Morgan fingerprint density at radius 2 is 2.38 bits per heavy atom. The van der Waals surface area contributed by atoms with Crippen molar-refractivity contribution >= 4 is 11.5 Å². The summed E-state index contributed by atoms with van der Waals surface area (Å²) in [7, 11) is 0. The molecule has 0 fully saturated rings. The van der Waals surface area contributed by atoms with Crippen molar-refractivity contribution in [2.24, 2.45) is 11.7 Å². The van der Waals surface area contributed by atoms with Crippen LogP contribution in [-0.4, -0.2) is 23.1 Å². The third kappa shape index (κ3) is 3.54. The van der Waals surface area contributed by atoms with Crippen LogP contribution >= 0.6 is 0 Å². The summed E-state index contributed by atoms with van der Waals surface area (Å²) in [6, 6.07) is 0. The Balaban J connectivity index is 2.38. The standard InChI is InChI=1S/C10H19N5O/c1-7(5-11)3-2-4-13-9-8(12)10(16)15-6-14-9/h6-7H,2-5,11-12H2,1H3,(H2,13,14,15,16). The zero-order valence-corrected chi connectivity index (χ0v) is 9.49. The smallest absolute Gasteiger partial charge is 0.276 e. The van der Waals surface area contributed by atoms with Gasteiger partial charge >= 0.3 is 0 Å². The SMILES string of the molecule is CC(CN)CCCNc1nc[nH]c(=O)c1N. The molecular formula is C10H19N5O. The zero-order valence-electron chi connectivity index (χ0n) is 9.49. The Labute approximate surface area is 94.5 Å². The van der Waals surface area contributed by atoms with E-state index in [0.29, 0.717) is 18.3 Å². The first kappa shape index (κ1) is 12.5. The molecule has 1 atom stereocenters. The lowest BCUT2D eigenvalue weighted by Crippen LogP contribution is -2.17. The van der Waals surface area contributed by atoms with Gasteiger partial charge in [0, 0.05) is 6.54 Å². The van der Waals surface area contributed by atoms with E-state index in [0.717, 1.165) is 19.4 Å². The minimum absolute atomic E-state index is 0.134. The van der Waals surface area contributed by atoms with Crippen molar-refractivity contribution in [3.63, 3.8) is 0 Å². The van der Waals surface area contributed by atoms with Gasteiger partial charge in [0.25, 0.3) is 5.56 Å². The van der Waals surface area contributed by atoms with Gasteiger partial charge in [0.05, 0.1) is 6.33 Å². The molecule has 0 aliphatic rings. The maximum atomic E-state index is 11.1. The van der Waals surface area contributed by atoms with E-state index < -0.39 is 0 Å². The molecule has 16 heavy (non-hydrogen) atoms. The summed E-state index contributed by atoms with van der Waals surface area (Å²) in [6.45, 7) is 3.55. The average molecular weight is 225 g/mol. The first-order valence-corrected chi connectivity index (χ1v) is 5.42. The molecule has 6 nitrogen and oxygen atoms in total. The molecule has 1 aromatic rings. The van der Waals surface area contributed by atoms with Gasteiger partial charge in [0.2, 0.25) is 0 Å². The fraction of sp³-hybridized carbons (Fsp3) is 0.600. The van der Waals surface area contributed by atoms with Gasteiger partial charge in [-0.25, -0.2) is 4.98 Å². The predicted molar refractivity (Wildman–Crippen MR) is 65.2 cm³/mol. The van der Waals surface area contributed by atoms with Gasteiger partial charge in [-0.2, -0.15) is 0 Å². The first-order valence-electron chi connectivity index (χ1n) is 5.42. The molecule has 0 aromatic carbocycles. The minimum atomic E-state index is -0.312. The van der Waals surface area contributed by atoms with Gasteiger partial charge in [0.1, 0.15) is 5.69 Å². The van der Waals surface area contributed by atoms with Gasteiger partial charge in [-0.3, -0.25) is 4.79 Å². The highest BCUT2D eigenvalue weighted by atomic mass is 16.1. The molecule has 0 spiro atoms. The fourth-order valence-electron chi connectivity index (χ4n) is 1.33. The molecule has 90 valence electrons. The molecule has 0 radical (unpaired) electrons. The second kappa shape index (κ2) is 6.12. The second-order valence-electron chi connectivity index (χ2n) is 3.90. The molecule has 0 saturated carbocycles. The number of rotatable bonds is 6. The molecule has 6 heteroatoms. The lowest BCUT2D eigenvalue weighted by Gasteiger charge is -2.09. The van der Waals surface area contributed by atoms with E-state index in [-0.39, 0.29) is 11.2 Å². The van der Waals surface area contributed by atoms with E-state index in [1.54, 1.807) is 0 Å². The minimum Gasteiger partial charge on any atom is -0.391 e. The highest BCUT2D eigenvalue weighted by molar-refractivity contribution is 5.58. The zero-order chi connectivity index (χ0) is 12.0. The van der Waals surface area contributed by atoms with Crippen LogP contribution in [0.3, 0.4) is 0 Å². The maximum absolute atomic E-state index is 11.1. The third-order valence-corrected chi connectivity index (χ3v) is 2.46. The molecule has 1 heterocycles. The Bertz CT molecular complexity index is 376. The largest absolute Gasteiger partial charge is 0.391 e. The van der Waals surface area contributed by atoms with Gasteiger partial charge in [-0.1, -0.05) is 6.92 Å². The molecule has 0 bridgehead atoms. The van der Waals surface area contributed by atoms with Crippen molar-refractivity contribution in [1.29, 1.82) is 0 Å². The average Bonchev–Trinajstić information content (AvgIpc) is 2.29. The van der Waals surface area contributed by atoms with Crippen LogP contribution in [0, 0.1) is 5.92 Å². The normalized spacial score (nSPS) is 12.4. The predicted octanol–water partition coefficient (Wildman–Crippen LogP) is 0.139. The molecular weight excluding hydrogens is 206 g/mol. The number of nitrogens with two attached hydrogens (primary N) is 2. The van der Waals surface area contributed by atoms with Crippen LogP contribution in [0.15, 0.2) is 11.1 Å². The van der Waals surface area contributed by atoms with Gasteiger partial charge in [-0.15, -0.1) is 0 Å². The van der Waals surface area contributed by atoms with Crippen LogP contribution in [0.5, 0.6) is 0 Å². The number of hydrogen-bond donors (Lipinski definition) is 4. The summed E-state index contributed by atoms with van der Waals surface area (Å²) < 4.78 is 0. The maximum Gasteiger partial charge on any atom is 0.276 e. The summed E-state index contributed by atoms with van der Waals surface area (Å²) in [4.78, 5) is 17.5. The Morgan fingerprint density at radius 3 is 3.06 bits per heavy atom. The quantitative estimate of drug-likeness (QED) is 0.515. The van der Waals surface area contributed by atoms with E-state index in [1.807, 2.05) is 0 Å². The number of aromatic nitrogens is 2. The summed E-state index contributed by atoms with van der Waals surface area (Å²) >= 11 is 0. The van der Waals surface area contributed by atoms with Crippen LogP contribution < -0.4 is 22.3 Å². The van der Waals surface area contributed by atoms with Crippen molar-refractivity contribution in [2.75, 3.05) is 24.1 Å². The Morgan fingerprint density at radius 1 is 1.62 bits per heavy atom. The molecule has 0 amide bonds. The van der Waals surface area contributed by atoms with Gasteiger partial charge < -0.3 is 21.8 Å². The van der Waals surface area contributed by atoms with E-state index in [1.165, 1.54) is 6.33 Å². The summed E-state index contributed by atoms with van der Waals surface area (Å²) in [6.07, 6.45) is 3.36. The lowest BCUT2D eigenvalue weighted by atomic mass is 10.1. The van der Waals surface area contributed by atoms with E-state index in [9.17, 15) is 4.79 Å². The van der Waals surface area contributed by atoms with Crippen LogP contribution in [0.25, 0.3) is 0 Å². The van der Waals surface area contributed by atoms with Gasteiger partial charge in [0.15, 0.2) is 5.82 Å². The highest BCUT2D eigenvalue weighted by Gasteiger charge is 2.03. The number of H-pyrrole nitrogens is 1. The number of aromatic amines is 1. The summed E-state index contributed by atoms with van der Waals surface area (Å²) in [5.74, 6) is 0.968. The van der Waals surface area contributed by atoms with Crippen LogP contribution in [0.4, 0.5) is 11.5 Å². The number of hydrogen-bond acceptors (Lipinski definition) is 5. The lowest BCUT2D eigenvalue weighted by molar-refractivity contribution is 0.529. The third-order valence-electron chi connectivity index (χ3n) is 2.46. The summed E-state index contributed by atoms with van der Waals surface area (Å²) in [5.41, 5.74) is 10.9. The monoisotopic (exact) mass is 225 g/mol. The molecule has 0 saturated heterocycles. The number of anilines is 2. The first-order chi connectivity index (χ1) is 7.65. The molecule has 0 aliphatic heterocycles. The van der Waals surface area contributed by atoms with Crippen LogP contribution in [0.2, 0.25) is 0 Å². The highest BCUT2D eigenvalue weighted by Crippen LogP contribution is 2.08. The van der Waals surface area contributed by atoms with Crippen molar-refractivity contribution < 1.29 is 0 Å². The van der Waals surface area contributed by atoms with E-state index in [4.69, 9.17) is 11.5 Å². The Kier molecular flexibility index (Phi) is 4.78. The van der Waals surface area contributed by atoms with Crippen LogP contribution in [-0.2, 0) is 0 Å². The molecule has 0 aliphatic carbocycles. The van der Waals surface area contributed by atoms with Crippen molar-refractivity contribution in [2.45, 2.75) is 19.8 Å². The summed E-state index contributed by atoms with van der Waals surface area (Å²) in [5, 5.41) is 3.04. The fourth-order valence-corrected chi connectivity index (χ4v) is 1.33. The topological polar surface area (TPSA) is 110 Å². The molecule has 6 N–H and O–H groups in total.